The molecule has 21 heavy (non-hydrogen) atoms. The van der Waals surface area contributed by atoms with E-state index in [4.69, 9.17) is 10.8 Å². The minimum absolute atomic E-state index is 0.0744. The van der Waals surface area contributed by atoms with Gasteiger partial charge in [-0.3, -0.25) is 19.9 Å². The molecule has 6 N–H and O–H groups in total. The molecule has 0 saturated heterocycles. The number of rotatable bonds is 7. The zero-order valence-electron chi connectivity index (χ0n) is 11.7. The van der Waals surface area contributed by atoms with Crippen LogP contribution in [0.25, 0.3) is 0 Å². The molecule has 0 radical (unpaired) electrons. The Morgan fingerprint density at radius 2 is 2.19 bits per heavy atom. The van der Waals surface area contributed by atoms with E-state index >= 15 is 0 Å². The Balaban J connectivity index is 2.25. The first kappa shape index (κ1) is 16.6. The summed E-state index contributed by atoms with van der Waals surface area (Å²) in [5.74, 6) is -0.958. The molecule has 1 unspecified atom stereocenters. The van der Waals surface area contributed by atoms with Crippen LogP contribution in [-0.2, 0) is 4.79 Å². The first-order valence-electron chi connectivity index (χ1n) is 6.49. The molecule has 1 atom stereocenters. The topological polar surface area (TPSA) is 150 Å². The number of aromatic nitrogens is 2. The summed E-state index contributed by atoms with van der Waals surface area (Å²) in [7, 11) is 0. The Kier molecular flexibility index (Phi) is 6.34. The summed E-state index contributed by atoms with van der Waals surface area (Å²) in [5, 5.41) is 13.6. The minimum atomic E-state index is -1.03. The number of nitrogens with two attached hydrogens (primary N) is 1. The fourth-order valence-corrected chi connectivity index (χ4v) is 1.60. The van der Waals surface area contributed by atoms with Crippen LogP contribution in [0.4, 0.5) is 10.7 Å². The Hall–Kier alpha value is -2.42. The molecule has 0 spiro atoms. The van der Waals surface area contributed by atoms with Crippen LogP contribution in [0.2, 0.25) is 0 Å². The maximum absolute atomic E-state index is 11.5. The van der Waals surface area contributed by atoms with Gasteiger partial charge >= 0.3 is 12.0 Å². The van der Waals surface area contributed by atoms with E-state index in [0.717, 1.165) is 0 Å². The van der Waals surface area contributed by atoms with E-state index in [1.165, 1.54) is 6.07 Å². The van der Waals surface area contributed by atoms with Crippen molar-refractivity contribution in [3.63, 3.8) is 0 Å². The van der Waals surface area contributed by atoms with Crippen LogP contribution < -0.4 is 21.9 Å². The number of amides is 2. The summed E-state index contributed by atoms with van der Waals surface area (Å²) in [6.07, 6.45) is 1.55. The van der Waals surface area contributed by atoms with E-state index in [-0.39, 0.29) is 11.5 Å². The van der Waals surface area contributed by atoms with Gasteiger partial charge in [-0.25, -0.2) is 9.78 Å². The predicted octanol–water partition coefficient (Wildman–Crippen LogP) is -0.218. The second kappa shape index (κ2) is 8.00. The first-order chi connectivity index (χ1) is 9.88. The molecule has 0 bridgehead atoms. The number of urea groups is 1. The van der Waals surface area contributed by atoms with E-state index in [1.807, 2.05) is 0 Å². The molecule has 0 saturated carbocycles. The number of hydrogen-bond acceptors (Lipinski definition) is 5. The number of nitrogens with one attached hydrogen (secondary N) is 3. The number of unbranched alkanes of at least 4 members (excludes halogenated alkanes) is 1. The SMILES string of the molecule is Cc1cc(=O)[nH]c(NC(=O)NCCCCC(N)C(=O)O)n1. The normalized spacial score (nSPS) is 11.7. The van der Waals surface area contributed by atoms with Gasteiger partial charge in [-0.15, -0.1) is 0 Å². The van der Waals surface area contributed by atoms with Gasteiger partial charge in [0.2, 0.25) is 5.95 Å². The van der Waals surface area contributed by atoms with Crippen molar-refractivity contribution in [3.8, 4) is 0 Å². The van der Waals surface area contributed by atoms with Crippen LogP contribution in [0.15, 0.2) is 10.9 Å². The maximum atomic E-state index is 11.5. The van der Waals surface area contributed by atoms with Gasteiger partial charge in [0, 0.05) is 18.3 Å². The van der Waals surface area contributed by atoms with Crippen LogP contribution in [0, 0.1) is 6.92 Å². The molecule has 1 rings (SSSR count). The third-order valence-electron chi connectivity index (χ3n) is 2.65. The highest BCUT2D eigenvalue weighted by Crippen LogP contribution is 1.99. The molecule has 0 aliphatic rings. The molecule has 1 aromatic rings. The summed E-state index contributed by atoms with van der Waals surface area (Å²) in [6, 6.07) is -0.0546. The van der Waals surface area contributed by atoms with E-state index < -0.39 is 18.0 Å². The second-order valence-electron chi connectivity index (χ2n) is 4.56. The number of carbonyl (C=O) groups is 2. The second-order valence-corrected chi connectivity index (χ2v) is 4.56. The lowest BCUT2D eigenvalue weighted by Crippen LogP contribution is -2.32. The standard InChI is InChI=1S/C12H19N5O4/c1-7-6-9(18)16-11(15-7)17-12(21)14-5-3-2-4-8(13)10(19)20/h6,8H,2-5,13H2,1H3,(H,19,20)(H3,14,15,16,17,18,21). The molecule has 2 amide bonds. The number of H-pyrrole nitrogens is 1. The Bertz CT molecular complexity index is 557. The molecule has 0 fully saturated rings. The number of hydrogen-bond donors (Lipinski definition) is 5. The van der Waals surface area contributed by atoms with E-state index in [1.54, 1.807) is 6.92 Å². The van der Waals surface area contributed by atoms with Crippen LogP contribution in [0.3, 0.4) is 0 Å². The number of carbonyl (C=O) groups excluding carboxylic acids is 1. The van der Waals surface area contributed by atoms with E-state index in [0.29, 0.717) is 31.5 Å². The number of carboxylic acids is 1. The molecule has 9 nitrogen and oxygen atoms in total. The molecule has 0 aromatic carbocycles. The Labute approximate surface area is 121 Å². The highest BCUT2D eigenvalue weighted by molar-refractivity contribution is 5.87. The van der Waals surface area contributed by atoms with Crippen molar-refractivity contribution in [1.82, 2.24) is 15.3 Å². The summed E-state index contributed by atoms with van der Waals surface area (Å²) in [5.41, 5.74) is 5.50. The molecule has 0 aliphatic heterocycles. The van der Waals surface area contributed by atoms with Crippen LogP contribution in [0.5, 0.6) is 0 Å². The summed E-state index contributed by atoms with van der Waals surface area (Å²) < 4.78 is 0. The minimum Gasteiger partial charge on any atom is -0.480 e. The van der Waals surface area contributed by atoms with Crippen LogP contribution in [-0.4, -0.2) is 39.7 Å². The first-order valence-corrected chi connectivity index (χ1v) is 6.49. The number of carboxylic acid groups (broad SMARTS) is 1. The summed E-state index contributed by atoms with van der Waals surface area (Å²) in [6.45, 7) is 2.01. The largest absolute Gasteiger partial charge is 0.480 e. The summed E-state index contributed by atoms with van der Waals surface area (Å²) >= 11 is 0. The van der Waals surface area contributed by atoms with Crippen molar-refractivity contribution in [2.45, 2.75) is 32.2 Å². The Morgan fingerprint density at radius 3 is 2.81 bits per heavy atom. The number of anilines is 1. The van der Waals surface area contributed by atoms with Gasteiger partial charge in [0.25, 0.3) is 5.56 Å². The van der Waals surface area contributed by atoms with Crippen molar-refractivity contribution >= 4 is 17.9 Å². The van der Waals surface area contributed by atoms with Gasteiger partial charge in [0.15, 0.2) is 0 Å². The van der Waals surface area contributed by atoms with Crippen LogP contribution in [0.1, 0.15) is 25.0 Å². The molecular formula is C12H19N5O4. The van der Waals surface area contributed by atoms with Gasteiger partial charge in [-0.05, 0) is 26.2 Å². The zero-order chi connectivity index (χ0) is 15.8. The van der Waals surface area contributed by atoms with Gasteiger partial charge in [-0.1, -0.05) is 0 Å². The van der Waals surface area contributed by atoms with Gasteiger partial charge < -0.3 is 16.2 Å². The highest BCUT2D eigenvalue weighted by atomic mass is 16.4. The van der Waals surface area contributed by atoms with Crippen molar-refractivity contribution < 1.29 is 14.7 Å². The number of aromatic amines is 1. The molecular weight excluding hydrogens is 278 g/mol. The average molecular weight is 297 g/mol. The molecule has 0 aliphatic carbocycles. The number of aryl methyl sites for hydroxylation is 1. The van der Waals surface area contributed by atoms with Crippen molar-refractivity contribution in [2.24, 2.45) is 5.73 Å². The quantitative estimate of drug-likeness (QED) is 0.439. The average Bonchev–Trinajstić information content (AvgIpc) is 2.36. The molecule has 116 valence electrons. The van der Waals surface area contributed by atoms with Gasteiger partial charge in [-0.2, -0.15) is 0 Å². The van der Waals surface area contributed by atoms with E-state index in [2.05, 4.69) is 20.6 Å². The van der Waals surface area contributed by atoms with Crippen LogP contribution >= 0.6 is 0 Å². The lowest BCUT2D eigenvalue weighted by Gasteiger charge is -2.08. The van der Waals surface area contributed by atoms with Crippen molar-refractivity contribution in [2.75, 3.05) is 11.9 Å². The van der Waals surface area contributed by atoms with Crippen molar-refractivity contribution in [1.29, 1.82) is 0 Å². The molecule has 1 aromatic heterocycles. The fourth-order valence-electron chi connectivity index (χ4n) is 1.60. The lowest BCUT2D eigenvalue weighted by molar-refractivity contribution is -0.138. The third-order valence-corrected chi connectivity index (χ3v) is 2.65. The van der Waals surface area contributed by atoms with E-state index in [9.17, 15) is 14.4 Å². The van der Waals surface area contributed by atoms with Gasteiger partial charge in [0.1, 0.15) is 6.04 Å². The smallest absolute Gasteiger partial charge is 0.321 e. The highest BCUT2D eigenvalue weighted by Gasteiger charge is 2.10. The fraction of sp³-hybridized carbons (Fsp3) is 0.500. The molecule has 1 heterocycles. The Morgan fingerprint density at radius 1 is 1.48 bits per heavy atom. The predicted molar refractivity (Wildman–Crippen MR) is 76.1 cm³/mol. The van der Waals surface area contributed by atoms with Crippen molar-refractivity contribution in [3.05, 3.63) is 22.1 Å². The maximum Gasteiger partial charge on any atom is 0.321 e. The lowest BCUT2D eigenvalue weighted by atomic mass is 10.1. The summed E-state index contributed by atoms with van der Waals surface area (Å²) in [4.78, 5) is 39.5. The molecule has 9 heteroatoms. The van der Waals surface area contributed by atoms with Gasteiger partial charge in [0.05, 0.1) is 0 Å². The number of nitrogens with zero attached hydrogens (tertiary/aromatic N) is 1. The zero-order valence-corrected chi connectivity index (χ0v) is 11.7. The third kappa shape index (κ3) is 6.52. The monoisotopic (exact) mass is 297 g/mol. The number of aliphatic carboxylic acids is 1.